The number of ether oxygens (including phenoxy) is 1. The van der Waals surface area contributed by atoms with E-state index < -0.39 is 0 Å². The Bertz CT molecular complexity index is 425. The molecule has 0 bridgehead atoms. The second kappa shape index (κ2) is 7.29. The van der Waals surface area contributed by atoms with Crippen molar-refractivity contribution in [2.75, 3.05) is 31.7 Å². The van der Waals surface area contributed by atoms with Crippen LogP contribution in [0.5, 0.6) is 0 Å². The van der Waals surface area contributed by atoms with Gasteiger partial charge in [0.2, 0.25) is 5.91 Å². The average Bonchev–Trinajstić information content (AvgIpc) is 2.48. The van der Waals surface area contributed by atoms with Gasteiger partial charge >= 0.3 is 0 Å². The summed E-state index contributed by atoms with van der Waals surface area (Å²) < 4.78 is 4.82. The van der Waals surface area contributed by atoms with Crippen molar-refractivity contribution in [1.82, 2.24) is 5.32 Å². The van der Waals surface area contributed by atoms with Gasteiger partial charge in [-0.1, -0.05) is 12.1 Å². The molecular formula is C16H24N2O2. The van der Waals surface area contributed by atoms with Crippen molar-refractivity contribution in [3.63, 3.8) is 0 Å². The molecule has 110 valence electrons. The average molecular weight is 276 g/mol. The summed E-state index contributed by atoms with van der Waals surface area (Å²) >= 11 is 0. The van der Waals surface area contributed by atoms with E-state index in [2.05, 4.69) is 34.5 Å². The molecular weight excluding hydrogens is 252 g/mol. The first-order valence-electron chi connectivity index (χ1n) is 7.34. The zero-order valence-electron chi connectivity index (χ0n) is 12.4. The van der Waals surface area contributed by atoms with Crippen molar-refractivity contribution in [3.05, 3.63) is 29.8 Å². The molecule has 1 aromatic rings. The zero-order chi connectivity index (χ0) is 14.4. The highest BCUT2D eigenvalue weighted by molar-refractivity contribution is 5.77. The molecule has 1 aliphatic heterocycles. The molecule has 20 heavy (non-hydrogen) atoms. The van der Waals surface area contributed by atoms with Crippen molar-refractivity contribution in [3.8, 4) is 0 Å². The van der Waals surface area contributed by atoms with Crippen LogP contribution in [0.15, 0.2) is 24.3 Å². The van der Waals surface area contributed by atoms with E-state index in [1.54, 1.807) is 0 Å². The summed E-state index contributed by atoms with van der Waals surface area (Å²) in [6, 6.07) is 8.51. The van der Waals surface area contributed by atoms with Gasteiger partial charge in [0.15, 0.2) is 0 Å². The number of benzene rings is 1. The van der Waals surface area contributed by atoms with Gasteiger partial charge in [0, 0.05) is 25.9 Å². The molecule has 0 saturated carbocycles. The Balaban J connectivity index is 1.94. The van der Waals surface area contributed by atoms with Crippen molar-refractivity contribution < 1.29 is 9.53 Å². The summed E-state index contributed by atoms with van der Waals surface area (Å²) in [4.78, 5) is 13.9. The molecule has 4 nitrogen and oxygen atoms in total. The van der Waals surface area contributed by atoms with Gasteiger partial charge < -0.3 is 15.0 Å². The highest BCUT2D eigenvalue weighted by Gasteiger charge is 2.12. The van der Waals surface area contributed by atoms with Gasteiger partial charge in [0.25, 0.3) is 0 Å². The SMILES string of the molecule is COCC(=O)N[C@@H](C)c1ccc(N2CCCCC2)cc1. The molecule has 0 aromatic heterocycles. The van der Waals surface area contributed by atoms with Gasteiger partial charge in [-0.25, -0.2) is 0 Å². The first-order valence-corrected chi connectivity index (χ1v) is 7.34. The zero-order valence-corrected chi connectivity index (χ0v) is 12.4. The molecule has 1 fully saturated rings. The maximum Gasteiger partial charge on any atom is 0.246 e. The molecule has 4 heteroatoms. The lowest BCUT2D eigenvalue weighted by Crippen LogP contribution is -2.30. The van der Waals surface area contributed by atoms with Crippen LogP contribution in [0.1, 0.15) is 37.8 Å². The van der Waals surface area contributed by atoms with Crippen LogP contribution in [0.25, 0.3) is 0 Å². The number of carbonyl (C=O) groups is 1. The number of piperidine rings is 1. The number of hydrogen-bond acceptors (Lipinski definition) is 3. The maximum absolute atomic E-state index is 11.5. The molecule has 1 N–H and O–H groups in total. The van der Waals surface area contributed by atoms with Gasteiger partial charge in [-0.2, -0.15) is 0 Å². The highest BCUT2D eigenvalue weighted by atomic mass is 16.5. The number of methoxy groups -OCH3 is 1. The minimum Gasteiger partial charge on any atom is -0.375 e. The molecule has 1 amide bonds. The van der Waals surface area contributed by atoms with E-state index in [0.717, 1.165) is 18.7 Å². The van der Waals surface area contributed by atoms with Crippen LogP contribution in [0.3, 0.4) is 0 Å². The summed E-state index contributed by atoms with van der Waals surface area (Å²) in [5.41, 5.74) is 2.40. The maximum atomic E-state index is 11.5. The molecule has 1 heterocycles. The highest BCUT2D eigenvalue weighted by Crippen LogP contribution is 2.22. The van der Waals surface area contributed by atoms with E-state index in [9.17, 15) is 4.79 Å². The van der Waals surface area contributed by atoms with E-state index in [1.807, 2.05) is 6.92 Å². The molecule has 0 radical (unpaired) electrons. The summed E-state index contributed by atoms with van der Waals surface area (Å²) in [6.07, 6.45) is 3.91. The summed E-state index contributed by atoms with van der Waals surface area (Å²) in [6.45, 7) is 4.40. The second-order valence-electron chi connectivity index (χ2n) is 5.36. The van der Waals surface area contributed by atoms with Gasteiger partial charge in [0.1, 0.15) is 6.61 Å². The monoisotopic (exact) mass is 276 g/mol. The van der Waals surface area contributed by atoms with E-state index >= 15 is 0 Å². The predicted octanol–water partition coefficient (Wildman–Crippen LogP) is 2.50. The number of nitrogens with one attached hydrogen (secondary N) is 1. The van der Waals surface area contributed by atoms with Crippen LogP contribution in [0, 0.1) is 0 Å². The fraction of sp³-hybridized carbons (Fsp3) is 0.562. The molecule has 0 unspecified atom stereocenters. The molecule has 2 rings (SSSR count). The third-order valence-corrected chi connectivity index (χ3v) is 3.77. The van der Waals surface area contributed by atoms with Gasteiger partial charge in [-0.3, -0.25) is 4.79 Å². The molecule has 1 atom stereocenters. The number of hydrogen-bond donors (Lipinski definition) is 1. The fourth-order valence-electron chi connectivity index (χ4n) is 2.62. The first kappa shape index (κ1) is 14.9. The second-order valence-corrected chi connectivity index (χ2v) is 5.36. The summed E-state index contributed by atoms with van der Waals surface area (Å²) in [5, 5.41) is 2.92. The third kappa shape index (κ3) is 3.97. The van der Waals surface area contributed by atoms with Gasteiger partial charge in [-0.05, 0) is 43.9 Å². The van der Waals surface area contributed by atoms with Crippen LogP contribution >= 0.6 is 0 Å². The Morgan fingerprint density at radius 2 is 1.90 bits per heavy atom. The molecule has 1 saturated heterocycles. The molecule has 0 spiro atoms. The number of rotatable bonds is 5. The smallest absolute Gasteiger partial charge is 0.246 e. The molecule has 1 aliphatic rings. The predicted molar refractivity (Wildman–Crippen MR) is 80.9 cm³/mol. The number of carbonyl (C=O) groups excluding carboxylic acids is 1. The number of nitrogens with zero attached hydrogens (tertiary/aromatic N) is 1. The normalized spacial score (nSPS) is 16.8. The Hall–Kier alpha value is -1.55. The Labute approximate surface area is 121 Å². The van der Waals surface area contributed by atoms with E-state index in [4.69, 9.17) is 4.74 Å². The van der Waals surface area contributed by atoms with Crippen LogP contribution in [0.4, 0.5) is 5.69 Å². The largest absolute Gasteiger partial charge is 0.375 e. The summed E-state index contributed by atoms with van der Waals surface area (Å²) in [5.74, 6) is -0.0832. The van der Waals surface area contributed by atoms with Crippen molar-refractivity contribution in [2.45, 2.75) is 32.2 Å². The van der Waals surface area contributed by atoms with Gasteiger partial charge in [0.05, 0.1) is 6.04 Å². The first-order chi connectivity index (χ1) is 9.70. The topological polar surface area (TPSA) is 41.6 Å². The van der Waals surface area contributed by atoms with Crippen LogP contribution in [-0.4, -0.2) is 32.7 Å². The summed E-state index contributed by atoms with van der Waals surface area (Å²) in [7, 11) is 1.53. The minimum atomic E-state index is -0.0832. The third-order valence-electron chi connectivity index (χ3n) is 3.77. The quantitative estimate of drug-likeness (QED) is 0.898. The standard InChI is InChI=1S/C16H24N2O2/c1-13(17-16(19)12-20-2)14-6-8-15(9-7-14)18-10-4-3-5-11-18/h6-9,13H,3-5,10-12H2,1-2H3,(H,17,19)/t13-/m0/s1. The van der Waals surface area contributed by atoms with Crippen molar-refractivity contribution in [2.24, 2.45) is 0 Å². The Morgan fingerprint density at radius 3 is 2.50 bits per heavy atom. The Kier molecular flexibility index (Phi) is 5.41. The fourth-order valence-corrected chi connectivity index (χ4v) is 2.62. The van der Waals surface area contributed by atoms with Crippen LogP contribution in [-0.2, 0) is 9.53 Å². The van der Waals surface area contributed by atoms with Crippen molar-refractivity contribution >= 4 is 11.6 Å². The number of amides is 1. The Morgan fingerprint density at radius 1 is 1.25 bits per heavy atom. The van der Waals surface area contributed by atoms with Crippen LogP contribution < -0.4 is 10.2 Å². The number of anilines is 1. The van der Waals surface area contributed by atoms with E-state index in [0.29, 0.717) is 0 Å². The van der Waals surface area contributed by atoms with E-state index in [1.165, 1.54) is 32.1 Å². The van der Waals surface area contributed by atoms with E-state index in [-0.39, 0.29) is 18.6 Å². The lowest BCUT2D eigenvalue weighted by atomic mass is 10.1. The molecule has 0 aliphatic carbocycles. The van der Waals surface area contributed by atoms with Crippen molar-refractivity contribution in [1.29, 1.82) is 0 Å². The lowest BCUT2D eigenvalue weighted by molar-refractivity contribution is -0.125. The van der Waals surface area contributed by atoms with Crippen LogP contribution in [0.2, 0.25) is 0 Å². The minimum absolute atomic E-state index is 0.00746. The van der Waals surface area contributed by atoms with Gasteiger partial charge in [-0.15, -0.1) is 0 Å². The molecule has 1 aromatic carbocycles. The lowest BCUT2D eigenvalue weighted by Gasteiger charge is -2.29.